The lowest BCUT2D eigenvalue weighted by Gasteiger charge is -2.13. The van der Waals surface area contributed by atoms with Crippen LogP contribution in [0.5, 0.6) is 5.75 Å². The summed E-state index contributed by atoms with van der Waals surface area (Å²) in [4.78, 5) is 0. The van der Waals surface area contributed by atoms with Gasteiger partial charge in [-0.1, -0.05) is 23.2 Å². The van der Waals surface area contributed by atoms with Crippen molar-refractivity contribution < 1.29 is 23.5 Å². The van der Waals surface area contributed by atoms with Crippen molar-refractivity contribution in [3.05, 3.63) is 33.4 Å². The molecule has 22 heavy (non-hydrogen) atoms. The Morgan fingerprint density at radius 3 is 2.23 bits per heavy atom. The fourth-order valence-electron chi connectivity index (χ4n) is 1.68. The van der Waals surface area contributed by atoms with Crippen molar-refractivity contribution in [2.45, 2.75) is 6.18 Å². The number of nitriles is 1. The van der Waals surface area contributed by atoms with E-state index < -0.39 is 39.0 Å². The summed E-state index contributed by atoms with van der Waals surface area (Å²) < 4.78 is 38.7. The smallest absolute Gasteiger partial charge is 0.416 e. The molecule has 0 bridgehead atoms. The molecule has 0 aliphatic heterocycles. The van der Waals surface area contributed by atoms with Crippen LogP contribution in [0.15, 0.2) is 12.1 Å². The predicted octanol–water partition coefficient (Wildman–Crippen LogP) is 3.58. The molecule has 6 nitrogen and oxygen atoms in total. The second-order valence-electron chi connectivity index (χ2n) is 3.97. The van der Waals surface area contributed by atoms with E-state index in [0.29, 0.717) is 12.1 Å². The maximum Gasteiger partial charge on any atom is 0.416 e. The first-order valence-corrected chi connectivity index (χ1v) is 6.15. The molecule has 1 heterocycles. The molecule has 0 amide bonds. The molecule has 0 radical (unpaired) electrons. The van der Waals surface area contributed by atoms with E-state index in [0.717, 1.165) is 4.68 Å². The van der Waals surface area contributed by atoms with E-state index in [4.69, 9.17) is 33.7 Å². The molecule has 2 aromatic rings. The maximum atomic E-state index is 12.7. The van der Waals surface area contributed by atoms with Crippen LogP contribution in [0.4, 0.5) is 19.0 Å². The average molecular weight is 353 g/mol. The van der Waals surface area contributed by atoms with E-state index in [-0.39, 0.29) is 5.69 Å². The lowest BCUT2D eigenvalue weighted by atomic mass is 10.2. The lowest BCUT2D eigenvalue weighted by Crippen LogP contribution is -2.08. The third-order valence-corrected chi connectivity index (χ3v) is 3.20. The fraction of sp³-hybridized carbons (Fsp3) is 0.0909. The molecule has 116 valence electrons. The topological polar surface area (TPSA) is 94.1 Å². The third kappa shape index (κ3) is 2.64. The van der Waals surface area contributed by atoms with Crippen LogP contribution < -0.4 is 5.48 Å². The molecule has 1 aromatic heterocycles. The number of anilines is 1. The summed E-state index contributed by atoms with van der Waals surface area (Å²) in [6.45, 7) is 0. The molecular weight excluding hydrogens is 348 g/mol. The van der Waals surface area contributed by atoms with E-state index in [9.17, 15) is 18.3 Å². The molecular formula is C11H5Cl2F3N4O2. The Morgan fingerprint density at radius 2 is 1.82 bits per heavy atom. The predicted molar refractivity (Wildman–Crippen MR) is 70.4 cm³/mol. The molecule has 2 rings (SSSR count). The molecule has 3 N–H and O–H groups in total. The van der Waals surface area contributed by atoms with E-state index in [1.165, 1.54) is 6.07 Å². The summed E-state index contributed by atoms with van der Waals surface area (Å²) in [6.07, 6.45) is -4.66. The minimum Gasteiger partial charge on any atom is -0.502 e. The Labute approximate surface area is 130 Å². The SMILES string of the molecule is N#Cc1nn(-c2c(Cl)cc(C(F)(F)F)cc2Cl)c(NO)c1O. The number of benzene rings is 1. The standard InChI is InChI=1S/C11H5Cl2F3N4O2/c12-5-1-4(11(14,15)16)2-6(13)8(5)20-10(19-22)9(21)7(3-17)18-20/h1-2,19,21-22H. The average Bonchev–Trinajstić information content (AvgIpc) is 2.73. The number of nitrogens with zero attached hydrogens (tertiary/aromatic N) is 3. The van der Waals surface area contributed by atoms with Crippen LogP contribution in [-0.2, 0) is 6.18 Å². The van der Waals surface area contributed by atoms with Gasteiger partial charge in [0.25, 0.3) is 0 Å². The van der Waals surface area contributed by atoms with Gasteiger partial charge < -0.3 is 5.11 Å². The van der Waals surface area contributed by atoms with Crippen LogP contribution in [0.1, 0.15) is 11.3 Å². The summed E-state index contributed by atoms with van der Waals surface area (Å²) in [5.41, 5.74) is -0.234. The van der Waals surface area contributed by atoms with Crippen molar-refractivity contribution in [2.24, 2.45) is 0 Å². The lowest BCUT2D eigenvalue weighted by molar-refractivity contribution is -0.137. The molecule has 0 aliphatic rings. The van der Waals surface area contributed by atoms with Crippen molar-refractivity contribution in [1.29, 1.82) is 5.26 Å². The van der Waals surface area contributed by atoms with Gasteiger partial charge in [0.2, 0.25) is 5.69 Å². The highest BCUT2D eigenvalue weighted by atomic mass is 35.5. The summed E-state index contributed by atoms with van der Waals surface area (Å²) in [5.74, 6) is -1.18. The second-order valence-corrected chi connectivity index (χ2v) is 4.78. The number of aromatic nitrogens is 2. The van der Waals surface area contributed by atoms with Gasteiger partial charge in [-0.05, 0) is 12.1 Å². The van der Waals surface area contributed by atoms with Crippen molar-refractivity contribution in [3.8, 4) is 17.5 Å². The van der Waals surface area contributed by atoms with Crippen molar-refractivity contribution in [2.75, 3.05) is 5.48 Å². The van der Waals surface area contributed by atoms with Crippen LogP contribution in [0.3, 0.4) is 0 Å². The van der Waals surface area contributed by atoms with E-state index in [1.807, 2.05) is 0 Å². The van der Waals surface area contributed by atoms with Crippen molar-refractivity contribution in [1.82, 2.24) is 9.78 Å². The molecule has 0 saturated heterocycles. The summed E-state index contributed by atoms with van der Waals surface area (Å²) in [7, 11) is 0. The summed E-state index contributed by atoms with van der Waals surface area (Å²) in [6, 6.07) is 2.75. The molecule has 0 spiro atoms. The molecule has 1 aromatic carbocycles. The highest BCUT2D eigenvalue weighted by molar-refractivity contribution is 6.38. The molecule has 0 aliphatic carbocycles. The van der Waals surface area contributed by atoms with Gasteiger partial charge in [0, 0.05) is 0 Å². The first-order valence-electron chi connectivity index (χ1n) is 5.39. The number of rotatable bonds is 2. The zero-order valence-corrected chi connectivity index (χ0v) is 11.8. The number of hydrogen-bond acceptors (Lipinski definition) is 5. The highest BCUT2D eigenvalue weighted by Gasteiger charge is 2.33. The Hall–Kier alpha value is -2.15. The Morgan fingerprint density at radius 1 is 1.27 bits per heavy atom. The van der Waals surface area contributed by atoms with Crippen molar-refractivity contribution >= 4 is 29.0 Å². The van der Waals surface area contributed by atoms with E-state index in [1.54, 1.807) is 5.48 Å². The third-order valence-electron chi connectivity index (χ3n) is 2.63. The van der Waals surface area contributed by atoms with Gasteiger partial charge in [-0.3, -0.25) is 5.21 Å². The molecule has 0 atom stereocenters. The zero-order valence-electron chi connectivity index (χ0n) is 10.3. The van der Waals surface area contributed by atoms with Gasteiger partial charge in [-0.2, -0.15) is 23.5 Å². The Bertz CT molecular complexity index is 760. The van der Waals surface area contributed by atoms with Gasteiger partial charge in [-0.15, -0.1) is 0 Å². The van der Waals surface area contributed by atoms with E-state index in [2.05, 4.69) is 5.10 Å². The number of aromatic hydroxyl groups is 1. The van der Waals surface area contributed by atoms with Gasteiger partial charge >= 0.3 is 6.18 Å². The Kier molecular flexibility index (Phi) is 4.10. The highest BCUT2D eigenvalue weighted by Crippen LogP contribution is 2.40. The minimum absolute atomic E-state index is 0.246. The van der Waals surface area contributed by atoms with Crippen LogP contribution in [-0.4, -0.2) is 20.1 Å². The second kappa shape index (κ2) is 5.57. The summed E-state index contributed by atoms with van der Waals surface area (Å²) in [5, 5.41) is 30.1. The van der Waals surface area contributed by atoms with Crippen LogP contribution in [0, 0.1) is 11.3 Å². The van der Waals surface area contributed by atoms with Crippen molar-refractivity contribution in [3.63, 3.8) is 0 Å². The largest absolute Gasteiger partial charge is 0.502 e. The zero-order chi connectivity index (χ0) is 16.7. The minimum atomic E-state index is -4.66. The maximum absolute atomic E-state index is 12.7. The first kappa shape index (κ1) is 16.2. The van der Waals surface area contributed by atoms with Gasteiger partial charge in [0.05, 0.1) is 15.6 Å². The summed E-state index contributed by atoms with van der Waals surface area (Å²) >= 11 is 11.6. The van der Waals surface area contributed by atoms with Gasteiger partial charge in [0.1, 0.15) is 11.8 Å². The van der Waals surface area contributed by atoms with Crippen LogP contribution in [0.25, 0.3) is 5.69 Å². The number of nitrogens with one attached hydrogen (secondary N) is 1. The molecule has 0 unspecified atom stereocenters. The fourth-order valence-corrected chi connectivity index (χ4v) is 2.33. The molecule has 0 fully saturated rings. The van der Waals surface area contributed by atoms with Gasteiger partial charge in [-0.25, -0.2) is 10.2 Å². The number of alkyl halides is 3. The molecule has 0 saturated carbocycles. The molecule has 11 heteroatoms. The van der Waals surface area contributed by atoms with Crippen LogP contribution in [0.2, 0.25) is 10.0 Å². The normalized spacial score (nSPS) is 11.3. The Balaban J connectivity index is 2.72. The number of halogens is 5. The van der Waals surface area contributed by atoms with E-state index >= 15 is 0 Å². The monoisotopic (exact) mass is 352 g/mol. The van der Waals surface area contributed by atoms with Crippen LogP contribution >= 0.6 is 23.2 Å². The first-order chi connectivity index (χ1) is 10.2. The van der Waals surface area contributed by atoms with Gasteiger partial charge in [0.15, 0.2) is 11.6 Å². The number of hydrogen-bond donors (Lipinski definition) is 3. The quantitative estimate of drug-likeness (QED) is 0.718.